The summed E-state index contributed by atoms with van der Waals surface area (Å²) >= 11 is 0. The van der Waals surface area contributed by atoms with Crippen LogP contribution in [0, 0.1) is 11.3 Å². The number of rotatable bonds is 2. The van der Waals surface area contributed by atoms with Crippen LogP contribution >= 0.6 is 0 Å². The number of carbonyl (C=O) groups is 1. The van der Waals surface area contributed by atoms with Crippen molar-refractivity contribution in [2.24, 2.45) is 0 Å². The molecule has 1 rings (SSSR count). The van der Waals surface area contributed by atoms with Crippen LogP contribution in [0.15, 0.2) is 6.07 Å². The van der Waals surface area contributed by atoms with Gasteiger partial charge in [-0.2, -0.15) is 10.2 Å². The number of pyridine rings is 1. The molecule has 0 saturated carbocycles. The maximum Gasteiger partial charge on any atom is 0.574 e. The van der Waals surface area contributed by atoms with Gasteiger partial charge in [0.1, 0.15) is 23.0 Å². The van der Waals surface area contributed by atoms with Crippen molar-refractivity contribution >= 4 is 11.8 Å². The Morgan fingerprint density at radius 2 is 2.18 bits per heavy atom. The third-order valence-electron chi connectivity index (χ3n) is 1.58. The summed E-state index contributed by atoms with van der Waals surface area (Å²) in [5.41, 5.74) is 3.87. The van der Waals surface area contributed by atoms with Gasteiger partial charge in [0.2, 0.25) is 5.88 Å². The van der Waals surface area contributed by atoms with Crippen LogP contribution in [-0.2, 0) is 0 Å². The third kappa shape index (κ3) is 2.97. The summed E-state index contributed by atoms with van der Waals surface area (Å²) in [7, 11) is 0. The monoisotopic (exact) mass is 247 g/mol. The van der Waals surface area contributed by atoms with Crippen LogP contribution in [0.5, 0.6) is 5.88 Å². The average Bonchev–Trinajstić information content (AvgIpc) is 2.14. The second kappa shape index (κ2) is 4.17. The molecule has 90 valence electrons. The zero-order chi connectivity index (χ0) is 13.2. The van der Waals surface area contributed by atoms with Crippen molar-refractivity contribution in [3.8, 4) is 11.9 Å². The van der Waals surface area contributed by atoms with Crippen LogP contribution in [0.1, 0.15) is 15.9 Å². The largest absolute Gasteiger partial charge is 0.574 e. The summed E-state index contributed by atoms with van der Waals surface area (Å²) < 4.78 is 39.2. The Balaban J connectivity index is 3.30. The molecule has 9 heteroatoms. The predicted octanol–water partition coefficient (Wildman–Crippen LogP) is 1.13. The van der Waals surface area contributed by atoms with Gasteiger partial charge < -0.3 is 15.6 Å². The molecular formula is C8H4F3N3O3. The van der Waals surface area contributed by atoms with Crippen LogP contribution in [0.2, 0.25) is 0 Å². The van der Waals surface area contributed by atoms with Gasteiger partial charge in [0.15, 0.2) is 0 Å². The molecule has 0 atom stereocenters. The van der Waals surface area contributed by atoms with E-state index in [0.717, 1.165) is 0 Å². The molecule has 1 aromatic heterocycles. The molecule has 0 fully saturated rings. The molecule has 0 saturated heterocycles. The number of anilines is 1. The first-order valence-corrected chi connectivity index (χ1v) is 3.94. The lowest BCUT2D eigenvalue weighted by Gasteiger charge is -2.10. The van der Waals surface area contributed by atoms with E-state index in [-0.39, 0.29) is 0 Å². The first-order chi connectivity index (χ1) is 7.74. The quantitative estimate of drug-likeness (QED) is 0.810. The molecule has 0 radical (unpaired) electrons. The number of alkyl halides is 3. The van der Waals surface area contributed by atoms with E-state index >= 15 is 0 Å². The molecule has 1 heterocycles. The Hall–Kier alpha value is -2.50. The Bertz CT molecular complexity index is 507. The van der Waals surface area contributed by atoms with Gasteiger partial charge >= 0.3 is 12.3 Å². The van der Waals surface area contributed by atoms with Gasteiger partial charge in [0, 0.05) is 0 Å². The Labute approximate surface area is 92.0 Å². The molecule has 1 aromatic rings. The van der Waals surface area contributed by atoms with Crippen molar-refractivity contribution in [2.75, 3.05) is 5.73 Å². The van der Waals surface area contributed by atoms with Crippen molar-refractivity contribution in [2.45, 2.75) is 6.36 Å². The minimum atomic E-state index is -5.05. The summed E-state index contributed by atoms with van der Waals surface area (Å²) in [6.07, 6.45) is -5.05. The molecule has 0 aliphatic rings. The van der Waals surface area contributed by atoms with E-state index in [1.54, 1.807) is 0 Å². The number of carboxylic acid groups (broad SMARTS) is 1. The van der Waals surface area contributed by atoms with Crippen LogP contribution in [0.25, 0.3) is 0 Å². The van der Waals surface area contributed by atoms with E-state index in [4.69, 9.17) is 16.1 Å². The first-order valence-electron chi connectivity index (χ1n) is 3.94. The average molecular weight is 247 g/mol. The molecule has 0 bridgehead atoms. The number of hydrogen-bond acceptors (Lipinski definition) is 5. The van der Waals surface area contributed by atoms with E-state index in [9.17, 15) is 18.0 Å². The van der Waals surface area contributed by atoms with E-state index < -0.39 is 35.2 Å². The summed E-state index contributed by atoms with van der Waals surface area (Å²) in [6.45, 7) is 0. The molecular weight excluding hydrogens is 243 g/mol. The fourth-order valence-corrected chi connectivity index (χ4v) is 0.949. The minimum Gasteiger partial charge on any atom is -0.478 e. The molecule has 0 aromatic carbocycles. The van der Waals surface area contributed by atoms with Crippen LogP contribution < -0.4 is 10.5 Å². The van der Waals surface area contributed by atoms with Crippen molar-refractivity contribution in [3.05, 3.63) is 17.2 Å². The normalized spacial score (nSPS) is 10.7. The highest BCUT2D eigenvalue weighted by Crippen LogP contribution is 2.26. The van der Waals surface area contributed by atoms with Crippen molar-refractivity contribution in [1.29, 1.82) is 5.26 Å². The maximum absolute atomic E-state index is 11.9. The van der Waals surface area contributed by atoms with Crippen molar-refractivity contribution in [1.82, 2.24) is 4.98 Å². The number of hydrogen-bond donors (Lipinski definition) is 2. The van der Waals surface area contributed by atoms with Gasteiger partial charge in [-0.15, -0.1) is 13.2 Å². The van der Waals surface area contributed by atoms with E-state index in [0.29, 0.717) is 6.07 Å². The summed E-state index contributed by atoms with van der Waals surface area (Å²) in [5, 5.41) is 17.2. The Morgan fingerprint density at radius 1 is 1.59 bits per heavy atom. The first kappa shape index (κ1) is 12.6. The number of nitrogen functional groups attached to an aromatic ring is 1. The number of nitrogens with zero attached hydrogens (tertiary/aromatic N) is 2. The number of nitriles is 1. The number of aromatic carboxylic acids is 1. The SMILES string of the molecule is N#Cc1cc(C(=O)O)c(N)nc1OC(F)(F)F. The molecule has 3 N–H and O–H groups in total. The van der Waals surface area contributed by atoms with E-state index in [1.807, 2.05) is 0 Å². The lowest BCUT2D eigenvalue weighted by molar-refractivity contribution is -0.276. The van der Waals surface area contributed by atoms with Crippen LogP contribution in [0.3, 0.4) is 0 Å². The number of carboxylic acids is 1. The number of halogens is 3. The van der Waals surface area contributed by atoms with Crippen molar-refractivity contribution in [3.63, 3.8) is 0 Å². The zero-order valence-electron chi connectivity index (χ0n) is 7.95. The number of ether oxygens (including phenoxy) is 1. The third-order valence-corrected chi connectivity index (χ3v) is 1.58. The molecule has 0 unspecified atom stereocenters. The van der Waals surface area contributed by atoms with Crippen LogP contribution in [0.4, 0.5) is 19.0 Å². The van der Waals surface area contributed by atoms with Crippen LogP contribution in [-0.4, -0.2) is 22.4 Å². The molecule has 0 aliphatic carbocycles. The Morgan fingerprint density at radius 3 is 2.59 bits per heavy atom. The molecule has 0 amide bonds. The summed E-state index contributed by atoms with van der Waals surface area (Å²) in [6, 6.07) is 1.99. The zero-order valence-corrected chi connectivity index (χ0v) is 7.95. The highest BCUT2D eigenvalue weighted by atomic mass is 19.4. The highest BCUT2D eigenvalue weighted by Gasteiger charge is 2.33. The molecule has 0 aliphatic heterocycles. The van der Waals surface area contributed by atoms with Gasteiger partial charge in [0.05, 0.1) is 0 Å². The van der Waals surface area contributed by atoms with Gasteiger partial charge in [-0.25, -0.2) is 4.79 Å². The second-order valence-corrected chi connectivity index (χ2v) is 2.74. The fourth-order valence-electron chi connectivity index (χ4n) is 0.949. The molecule has 0 spiro atoms. The highest BCUT2D eigenvalue weighted by molar-refractivity contribution is 5.93. The topological polar surface area (TPSA) is 109 Å². The van der Waals surface area contributed by atoms with Gasteiger partial charge in [0.25, 0.3) is 0 Å². The minimum absolute atomic E-state index is 0.573. The smallest absolute Gasteiger partial charge is 0.478 e. The standard InChI is InChI=1S/C8H4F3N3O3/c9-8(10,11)17-6-3(2-12)1-4(7(15)16)5(13)14-6/h1H,(H2,13,14)(H,15,16). The fraction of sp³-hybridized carbons (Fsp3) is 0.125. The number of nitrogens with two attached hydrogens (primary N) is 1. The Kier molecular flexibility index (Phi) is 3.08. The van der Waals surface area contributed by atoms with Gasteiger partial charge in [-0.05, 0) is 6.07 Å². The number of aromatic nitrogens is 1. The second-order valence-electron chi connectivity index (χ2n) is 2.74. The predicted molar refractivity (Wildman–Crippen MR) is 47.0 cm³/mol. The van der Waals surface area contributed by atoms with Crippen molar-refractivity contribution < 1.29 is 27.8 Å². The lowest BCUT2D eigenvalue weighted by Crippen LogP contribution is -2.19. The maximum atomic E-state index is 11.9. The molecule has 17 heavy (non-hydrogen) atoms. The summed E-state index contributed by atoms with van der Waals surface area (Å²) in [4.78, 5) is 13.7. The van der Waals surface area contributed by atoms with E-state index in [2.05, 4.69) is 9.72 Å². The lowest BCUT2D eigenvalue weighted by atomic mass is 10.2. The molecule has 6 nitrogen and oxygen atoms in total. The van der Waals surface area contributed by atoms with Gasteiger partial charge in [-0.3, -0.25) is 0 Å². The van der Waals surface area contributed by atoms with Gasteiger partial charge in [-0.1, -0.05) is 0 Å². The summed E-state index contributed by atoms with van der Waals surface area (Å²) in [5.74, 6) is -3.26. The van der Waals surface area contributed by atoms with E-state index in [1.165, 1.54) is 6.07 Å².